The Balaban J connectivity index is 2.41. The van der Waals surface area contributed by atoms with Gasteiger partial charge in [0.2, 0.25) is 5.91 Å². The van der Waals surface area contributed by atoms with Crippen molar-refractivity contribution in [2.24, 2.45) is 0 Å². The minimum atomic E-state index is 0.0546. The van der Waals surface area contributed by atoms with E-state index in [-0.39, 0.29) is 5.91 Å². The van der Waals surface area contributed by atoms with Gasteiger partial charge in [-0.2, -0.15) is 0 Å². The Kier molecular flexibility index (Phi) is 3.70. The lowest BCUT2D eigenvalue weighted by Crippen LogP contribution is -2.21. The van der Waals surface area contributed by atoms with Crippen LogP contribution in [0.1, 0.15) is 19.0 Å². The van der Waals surface area contributed by atoms with E-state index in [1.54, 1.807) is 0 Å². The molecule has 1 aromatic rings. The Morgan fingerprint density at radius 1 is 1.69 bits per heavy atom. The number of rotatable bonds is 4. The summed E-state index contributed by atoms with van der Waals surface area (Å²) in [6.07, 6.45) is 0.517. The minimum absolute atomic E-state index is 0.0546. The number of aromatic nitrogens is 1. The Hall–Kier alpha value is -1.10. The van der Waals surface area contributed by atoms with Gasteiger partial charge in [-0.1, -0.05) is 6.92 Å². The maximum absolute atomic E-state index is 10.9. The van der Waals surface area contributed by atoms with Crippen molar-refractivity contribution < 1.29 is 4.79 Å². The maximum Gasteiger partial charge on any atom is 0.220 e. The van der Waals surface area contributed by atoms with Gasteiger partial charge in [0, 0.05) is 18.8 Å². The minimum Gasteiger partial charge on any atom is -0.365 e. The number of thiazole rings is 1. The quantitative estimate of drug-likeness (QED) is 0.766. The number of nitrogens with zero attached hydrogens (tertiary/aromatic N) is 1. The second kappa shape index (κ2) is 4.81. The smallest absolute Gasteiger partial charge is 0.220 e. The van der Waals surface area contributed by atoms with Gasteiger partial charge in [0.25, 0.3) is 0 Å². The molecule has 2 N–H and O–H groups in total. The Morgan fingerprint density at radius 2 is 2.46 bits per heavy atom. The fourth-order valence-electron chi connectivity index (χ4n) is 0.817. The normalized spacial score (nSPS) is 9.69. The fourth-order valence-corrected chi connectivity index (χ4v) is 1.49. The molecule has 0 fully saturated rings. The summed E-state index contributed by atoms with van der Waals surface area (Å²) in [4.78, 5) is 15.1. The van der Waals surface area contributed by atoms with E-state index in [0.29, 0.717) is 13.0 Å². The monoisotopic (exact) mass is 199 g/mol. The molecule has 0 radical (unpaired) electrons. The van der Waals surface area contributed by atoms with E-state index < -0.39 is 0 Å². The highest BCUT2D eigenvalue weighted by molar-refractivity contribution is 7.13. The lowest BCUT2D eigenvalue weighted by atomic mass is 10.4. The van der Waals surface area contributed by atoms with Crippen LogP contribution in [0, 0.1) is 0 Å². The third-order valence-electron chi connectivity index (χ3n) is 1.55. The number of nitrogens with one attached hydrogen (secondary N) is 2. The Bertz CT molecular complexity index is 285. The van der Waals surface area contributed by atoms with Crippen LogP contribution < -0.4 is 10.6 Å². The molecule has 1 heterocycles. The molecular formula is C8H13N3OS. The van der Waals surface area contributed by atoms with Crippen LogP contribution in [0.4, 0.5) is 5.13 Å². The summed E-state index contributed by atoms with van der Waals surface area (Å²) < 4.78 is 0. The molecule has 0 saturated carbocycles. The molecule has 1 aromatic heterocycles. The van der Waals surface area contributed by atoms with Crippen molar-refractivity contribution in [3.05, 3.63) is 11.1 Å². The van der Waals surface area contributed by atoms with Crippen LogP contribution in [0.3, 0.4) is 0 Å². The molecule has 0 bridgehead atoms. The van der Waals surface area contributed by atoms with Crippen LogP contribution in [0.25, 0.3) is 0 Å². The standard InChI is InChI=1S/C8H13N3OS/c1-3-7(12)10-4-6-5-13-8(9-2)11-6/h5H,3-4H2,1-2H3,(H,9,11)(H,10,12). The molecule has 0 spiro atoms. The van der Waals surface area contributed by atoms with Crippen LogP contribution in [-0.4, -0.2) is 17.9 Å². The number of hydrogen-bond acceptors (Lipinski definition) is 4. The van der Waals surface area contributed by atoms with Gasteiger partial charge in [0.05, 0.1) is 12.2 Å². The lowest BCUT2D eigenvalue weighted by Gasteiger charge is -1.98. The van der Waals surface area contributed by atoms with E-state index in [9.17, 15) is 4.79 Å². The summed E-state index contributed by atoms with van der Waals surface area (Å²) >= 11 is 1.54. The van der Waals surface area contributed by atoms with Crippen molar-refractivity contribution >= 4 is 22.4 Å². The first kappa shape index (κ1) is 9.98. The van der Waals surface area contributed by atoms with Crippen molar-refractivity contribution in [3.63, 3.8) is 0 Å². The highest BCUT2D eigenvalue weighted by atomic mass is 32.1. The van der Waals surface area contributed by atoms with Crippen LogP contribution in [0.2, 0.25) is 0 Å². The number of carbonyl (C=O) groups excluding carboxylic acids is 1. The van der Waals surface area contributed by atoms with Gasteiger partial charge < -0.3 is 10.6 Å². The first-order valence-corrected chi connectivity index (χ1v) is 5.03. The van der Waals surface area contributed by atoms with Gasteiger partial charge in [-0.15, -0.1) is 11.3 Å². The first-order valence-electron chi connectivity index (χ1n) is 4.15. The van der Waals surface area contributed by atoms with Crippen molar-refractivity contribution in [3.8, 4) is 0 Å². The molecule has 0 aromatic carbocycles. The third-order valence-corrected chi connectivity index (χ3v) is 2.46. The molecule has 72 valence electrons. The molecule has 0 aliphatic carbocycles. The SMILES string of the molecule is CCC(=O)NCc1csc(NC)n1. The van der Waals surface area contributed by atoms with Crippen molar-refractivity contribution in [1.29, 1.82) is 0 Å². The van der Waals surface area contributed by atoms with Gasteiger partial charge in [-0.3, -0.25) is 4.79 Å². The predicted molar refractivity (Wildman–Crippen MR) is 53.8 cm³/mol. The van der Waals surface area contributed by atoms with Gasteiger partial charge >= 0.3 is 0 Å². The van der Waals surface area contributed by atoms with Crippen molar-refractivity contribution in [2.45, 2.75) is 19.9 Å². The molecule has 4 nitrogen and oxygen atoms in total. The van der Waals surface area contributed by atoms with E-state index in [1.807, 2.05) is 19.4 Å². The van der Waals surface area contributed by atoms with Gasteiger partial charge in [0.1, 0.15) is 0 Å². The Labute approximate surface area is 81.4 Å². The molecule has 0 aliphatic heterocycles. The molecule has 0 atom stereocenters. The molecule has 5 heteroatoms. The molecule has 1 amide bonds. The number of carbonyl (C=O) groups is 1. The molecule has 0 unspecified atom stereocenters. The highest BCUT2D eigenvalue weighted by Gasteiger charge is 2.01. The van der Waals surface area contributed by atoms with Gasteiger partial charge in [0.15, 0.2) is 5.13 Å². The van der Waals surface area contributed by atoms with Crippen molar-refractivity contribution in [1.82, 2.24) is 10.3 Å². The second-order valence-electron chi connectivity index (χ2n) is 2.52. The molecule has 1 rings (SSSR count). The van der Waals surface area contributed by atoms with Crippen molar-refractivity contribution in [2.75, 3.05) is 12.4 Å². The van der Waals surface area contributed by atoms with E-state index in [0.717, 1.165) is 10.8 Å². The Morgan fingerprint density at radius 3 is 3.00 bits per heavy atom. The number of hydrogen-bond donors (Lipinski definition) is 2. The molecule has 0 aliphatic rings. The van der Waals surface area contributed by atoms with E-state index >= 15 is 0 Å². The number of anilines is 1. The average molecular weight is 199 g/mol. The van der Waals surface area contributed by atoms with Gasteiger partial charge in [-0.05, 0) is 0 Å². The van der Waals surface area contributed by atoms with E-state index in [4.69, 9.17) is 0 Å². The lowest BCUT2D eigenvalue weighted by molar-refractivity contribution is -0.120. The maximum atomic E-state index is 10.9. The van der Waals surface area contributed by atoms with Gasteiger partial charge in [-0.25, -0.2) is 4.98 Å². The predicted octanol–water partition coefficient (Wildman–Crippen LogP) is 1.21. The zero-order valence-electron chi connectivity index (χ0n) is 7.76. The van der Waals surface area contributed by atoms with E-state index in [1.165, 1.54) is 11.3 Å². The fraction of sp³-hybridized carbons (Fsp3) is 0.500. The topological polar surface area (TPSA) is 54.0 Å². The van der Waals surface area contributed by atoms with E-state index in [2.05, 4.69) is 15.6 Å². The molecule has 13 heavy (non-hydrogen) atoms. The van der Waals surface area contributed by atoms with Crippen LogP contribution in [0.5, 0.6) is 0 Å². The second-order valence-corrected chi connectivity index (χ2v) is 3.38. The first-order chi connectivity index (χ1) is 6.26. The largest absolute Gasteiger partial charge is 0.365 e. The summed E-state index contributed by atoms with van der Waals surface area (Å²) in [5, 5.41) is 8.52. The average Bonchev–Trinajstić information content (AvgIpc) is 2.61. The van der Waals surface area contributed by atoms with Crippen LogP contribution >= 0.6 is 11.3 Å². The third kappa shape index (κ3) is 3.02. The number of amides is 1. The summed E-state index contributed by atoms with van der Waals surface area (Å²) in [7, 11) is 1.83. The summed E-state index contributed by atoms with van der Waals surface area (Å²) in [5.74, 6) is 0.0546. The zero-order chi connectivity index (χ0) is 9.68. The molecular weight excluding hydrogens is 186 g/mol. The molecule has 0 saturated heterocycles. The zero-order valence-corrected chi connectivity index (χ0v) is 8.57. The summed E-state index contributed by atoms with van der Waals surface area (Å²) in [6.45, 7) is 2.35. The summed E-state index contributed by atoms with van der Waals surface area (Å²) in [5.41, 5.74) is 0.899. The highest BCUT2D eigenvalue weighted by Crippen LogP contribution is 2.13. The van der Waals surface area contributed by atoms with Crippen LogP contribution in [0.15, 0.2) is 5.38 Å². The van der Waals surface area contributed by atoms with Crippen LogP contribution in [-0.2, 0) is 11.3 Å². The summed E-state index contributed by atoms with van der Waals surface area (Å²) in [6, 6.07) is 0.